The summed E-state index contributed by atoms with van der Waals surface area (Å²) in [6.07, 6.45) is 0.892. The number of hydrogen-bond acceptors (Lipinski definition) is 3. The molecule has 1 aliphatic carbocycles. The molecule has 2 nitrogen and oxygen atoms in total. The van der Waals surface area contributed by atoms with Gasteiger partial charge in [0, 0.05) is 42.7 Å². The average molecular weight is 702 g/mol. The van der Waals surface area contributed by atoms with Gasteiger partial charge in [-0.1, -0.05) is 176 Å². The second-order valence-corrected chi connectivity index (χ2v) is 17.1. The van der Waals surface area contributed by atoms with Gasteiger partial charge in [-0.2, -0.15) is 0 Å². The zero-order chi connectivity index (χ0) is 34.6. The van der Waals surface area contributed by atoms with Crippen LogP contribution in [0.2, 0.25) is 0 Å². The summed E-state index contributed by atoms with van der Waals surface area (Å²) in [5, 5.41) is 4.88. The largest absolute Gasteiger partial charge is 0.309 e. The highest BCUT2D eigenvalue weighted by molar-refractivity contribution is 7.85. The predicted octanol–water partition coefficient (Wildman–Crippen LogP) is 11.7. The van der Waals surface area contributed by atoms with Crippen molar-refractivity contribution in [2.75, 3.05) is 0 Å². The van der Waals surface area contributed by atoms with Crippen LogP contribution in [0.4, 0.5) is 0 Å². The summed E-state index contributed by atoms with van der Waals surface area (Å²) in [4.78, 5) is 6.50. The van der Waals surface area contributed by atoms with E-state index in [1.165, 1.54) is 48.3 Å². The first-order valence-electron chi connectivity index (χ1n) is 17.6. The molecule has 9 aromatic rings. The highest BCUT2D eigenvalue weighted by atomic mass is 32.1. The van der Waals surface area contributed by atoms with Gasteiger partial charge in [0.2, 0.25) is 0 Å². The van der Waals surface area contributed by atoms with E-state index in [0.29, 0.717) is 0 Å². The van der Waals surface area contributed by atoms with Gasteiger partial charge in [0.25, 0.3) is 0 Å². The van der Waals surface area contributed by atoms with Gasteiger partial charge >= 0.3 is 0 Å². The van der Waals surface area contributed by atoms with E-state index in [1.54, 1.807) is 0 Å². The average Bonchev–Trinajstić information content (AvgIpc) is 3.81. The van der Waals surface area contributed by atoms with Crippen LogP contribution in [-0.2, 0) is 11.0 Å². The quantitative estimate of drug-likeness (QED) is 0.162. The molecule has 0 spiro atoms. The van der Waals surface area contributed by atoms with Crippen LogP contribution in [-0.4, -0.2) is 4.98 Å². The minimum Gasteiger partial charge on any atom is -0.309 e. The summed E-state index contributed by atoms with van der Waals surface area (Å²) in [7, 11) is -3.12. The molecule has 4 heteroatoms. The van der Waals surface area contributed by atoms with E-state index in [0.717, 1.165) is 50.1 Å². The van der Waals surface area contributed by atoms with Gasteiger partial charge in [-0.05, 0) is 45.9 Å². The molecular weight excluding hydrogens is 670 g/mol. The van der Waals surface area contributed by atoms with E-state index in [4.69, 9.17) is 4.98 Å². The van der Waals surface area contributed by atoms with E-state index in [-0.39, 0.29) is 0 Å². The number of rotatable bonds is 6. The Morgan fingerprint density at radius 2 is 1.08 bits per heavy atom. The first-order chi connectivity index (χ1) is 25.7. The number of fused-ring (bicyclic) bond motifs is 6. The van der Waals surface area contributed by atoms with E-state index in [1.807, 2.05) is 72.0 Å². The fourth-order valence-corrected chi connectivity index (χ4v) is 12.0. The smallest absolute Gasteiger partial charge is 0.171 e. The molecule has 2 heterocycles. The Morgan fingerprint density at radius 1 is 0.500 bits per heavy atom. The second-order valence-electron chi connectivity index (χ2n) is 13.3. The lowest BCUT2D eigenvalue weighted by atomic mass is 9.90. The van der Waals surface area contributed by atoms with Crippen molar-refractivity contribution >= 4 is 55.4 Å². The first-order valence-corrected chi connectivity index (χ1v) is 20.1. The fraction of sp³-hybridized carbons (Fsp3) is 0.0208. The van der Waals surface area contributed by atoms with Crippen LogP contribution in [0.25, 0.3) is 64.9 Å². The maximum atomic E-state index is 15.3. The molecule has 7 aromatic carbocycles. The van der Waals surface area contributed by atoms with Crippen LogP contribution in [0.5, 0.6) is 0 Å². The summed E-state index contributed by atoms with van der Waals surface area (Å²) in [6.45, 7) is 0. The van der Waals surface area contributed by atoms with Crippen molar-refractivity contribution in [2.45, 2.75) is 6.42 Å². The standard InChI is InChI=1S/C48H32NOPS/c50-51(35-18-6-2-7-19-35,36-20-8-3-9-21-36)37-29-27-33(28-30-37)47-44(40-25-14-24-39-38-22-11-10-17-34(38)31-42(39)40)45-41-23-12-13-26-43(41)49-46(48(45)52-47)32-15-4-1-5-16-32/h1-30H,31H2. The number of pyridine rings is 1. The predicted molar refractivity (Wildman–Crippen MR) is 221 cm³/mol. The summed E-state index contributed by atoms with van der Waals surface area (Å²) < 4.78 is 16.4. The Kier molecular flexibility index (Phi) is 7.39. The molecule has 0 N–H and O–H groups in total. The van der Waals surface area contributed by atoms with Crippen molar-refractivity contribution in [3.05, 3.63) is 193 Å². The lowest BCUT2D eigenvalue weighted by Crippen LogP contribution is -2.24. The molecule has 0 radical (unpaired) electrons. The van der Waals surface area contributed by atoms with Crippen molar-refractivity contribution in [3.8, 4) is 44.0 Å². The molecule has 52 heavy (non-hydrogen) atoms. The third kappa shape index (κ3) is 4.85. The highest BCUT2D eigenvalue weighted by Gasteiger charge is 2.31. The monoisotopic (exact) mass is 701 g/mol. The Hall–Kier alpha value is -5.86. The molecule has 0 aliphatic heterocycles. The Labute approximate surface area is 307 Å². The number of para-hydroxylation sites is 1. The summed E-state index contributed by atoms with van der Waals surface area (Å²) >= 11 is 1.81. The zero-order valence-corrected chi connectivity index (χ0v) is 29.9. The number of thiophene rings is 1. The molecule has 0 amide bonds. The van der Waals surface area contributed by atoms with Crippen LogP contribution in [0.3, 0.4) is 0 Å². The van der Waals surface area contributed by atoms with Crippen molar-refractivity contribution in [1.82, 2.24) is 4.98 Å². The minimum atomic E-state index is -3.12. The Balaban J connectivity index is 1.25. The van der Waals surface area contributed by atoms with E-state index in [9.17, 15) is 0 Å². The maximum Gasteiger partial charge on any atom is 0.171 e. The molecule has 246 valence electrons. The van der Waals surface area contributed by atoms with E-state index >= 15 is 4.57 Å². The van der Waals surface area contributed by atoms with Crippen LogP contribution >= 0.6 is 18.5 Å². The summed E-state index contributed by atoms with van der Waals surface area (Å²) in [5.41, 5.74) is 12.0. The number of aromatic nitrogens is 1. The minimum absolute atomic E-state index is 0.824. The Morgan fingerprint density at radius 3 is 1.81 bits per heavy atom. The van der Waals surface area contributed by atoms with Gasteiger partial charge in [-0.25, -0.2) is 4.98 Å². The molecule has 2 aromatic heterocycles. The fourth-order valence-electron chi connectivity index (χ4n) is 8.00. The van der Waals surface area contributed by atoms with Gasteiger partial charge in [0.15, 0.2) is 7.14 Å². The first kappa shape index (κ1) is 30.9. The zero-order valence-electron chi connectivity index (χ0n) is 28.2. The molecule has 1 aliphatic rings. The molecule has 10 rings (SSSR count). The van der Waals surface area contributed by atoms with E-state index < -0.39 is 7.14 Å². The molecule has 0 unspecified atom stereocenters. The molecule has 0 fully saturated rings. The van der Waals surface area contributed by atoms with Gasteiger partial charge in [-0.15, -0.1) is 11.3 Å². The lowest BCUT2D eigenvalue weighted by molar-refractivity contribution is 0.592. The SMILES string of the molecule is O=P(c1ccccc1)(c1ccccc1)c1ccc(-c2sc3c(-c4ccccc4)nc4ccccc4c3c2-c2cccc3c2Cc2ccccc2-3)cc1. The molecule has 0 saturated carbocycles. The van der Waals surface area contributed by atoms with Gasteiger partial charge in [0.1, 0.15) is 0 Å². The van der Waals surface area contributed by atoms with Crippen molar-refractivity contribution in [1.29, 1.82) is 0 Å². The van der Waals surface area contributed by atoms with Crippen LogP contribution in [0, 0.1) is 0 Å². The van der Waals surface area contributed by atoms with Crippen molar-refractivity contribution < 1.29 is 4.57 Å². The molecule has 0 atom stereocenters. The number of nitrogens with zero attached hydrogens (tertiary/aromatic N) is 1. The lowest BCUT2D eigenvalue weighted by Gasteiger charge is -2.20. The van der Waals surface area contributed by atoms with Crippen LogP contribution < -0.4 is 15.9 Å². The number of hydrogen-bond donors (Lipinski definition) is 0. The molecule has 0 bridgehead atoms. The Bertz CT molecular complexity index is 2780. The van der Waals surface area contributed by atoms with Crippen LogP contribution in [0.1, 0.15) is 11.1 Å². The normalized spacial score (nSPS) is 12.2. The van der Waals surface area contributed by atoms with Gasteiger partial charge in [0.05, 0.1) is 15.9 Å². The topological polar surface area (TPSA) is 30.0 Å². The van der Waals surface area contributed by atoms with Crippen molar-refractivity contribution in [3.63, 3.8) is 0 Å². The third-order valence-electron chi connectivity index (χ3n) is 10.4. The molecule has 0 saturated heterocycles. The highest BCUT2D eigenvalue weighted by Crippen LogP contribution is 2.53. The number of benzene rings is 7. The van der Waals surface area contributed by atoms with Gasteiger partial charge < -0.3 is 4.57 Å². The van der Waals surface area contributed by atoms with Crippen LogP contribution in [0.15, 0.2) is 182 Å². The summed E-state index contributed by atoms with van der Waals surface area (Å²) in [5.74, 6) is 0. The van der Waals surface area contributed by atoms with E-state index in [2.05, 4.69) is 121 Å². The third-order valence-corrected chi connectivity index (χ3v) is 14.8. The van der Waals surface area contributed by atoms with Crippen molar-refractivity contribution in [2.24, 2.45) is 0 Å². The summed E-state index contributed by atoms with van der Waals surface area (Å²) in [6, 6.07) is 63.0. The molecular formula is C48H32NOPS. The maximum absolute atomic E-state index is 15.3. The second kappa shape index (κ2) is 12.4. The van der Waals surface area contributed by atoms with Gasteiger partial charge in [-0.3, -0.25) is 0 Å².